The van der Waals surface area contributed by atoms with Gasteiger partial charge in [0, 0.05) is 112 Å². The summed E-state index contributed by atoms with van der Waals surface area (Å²) in [6, 6.07) is 23.0. The van der Waals surface area contributed by atoms with Crippen LogP contribution in [-0.2, 0) is 76.1 Å². The normalized spacial score (nSPS) is 16.6. The Labute approximate surface area is 831 Å². The molecule has 5 amide bonds. The molecular weight excluding hydrogens is 2010 g/mol. The predicted molar refractivity (Wildman–Crippen MR) is 485 cm³/mol. The van der Waals surface area contributed by atoms with Crippen LogP contribution in [0.2, 0.25) is 10.0 Å². The first kappa shape index (κ1) is 104. The Bertz CT molecular complexity index is 7300. The molecule has 4 aromatic carbocycles. The van der Waals surface area contributed by atoms with Crippen LogP contribution in [0.1, 0.15) is 212 Å². The summed E-state index contributed by atoms with van der Waals surface area (Å²) in [6.07, 6.45) is -10.3. The third-order valence-corrected chi connectivity index (χ3v) is 25.9. The molecule has 53 heteroatoms. The van der Waals surface area contributed by atoms with Crippen LogP contribution in [0.25, 0.3) is 29.4 Å². The lowest BCUT2D eigenvalue weighted by molar-refractivity contribution is -0.142. The van der Waals surface area contributed by atoms with E-state index >= 15 is 0 Å². The summed E-state index contributed by atoms with van der Waals surface area (Å²) in [5.74, 6) is -2.79. The van der Waals surface area contributed by atoms with Crippen molar-refractivity contribution in [3.05, 3.63) is 321 Å². The minimum Gasteiger partial charge on any atom is -0.330 e. The number of benzene rings is 4. The Morgan fingerprint density at radius 2 is 0.735 bits per heavy atom. The first-order valence-electron chi connectivity index (χ1n) is 44.7. The molecule has 764 valence electrons. The van der Waals surface area contributed by atoms with Crippen molar-refractivity contribution in [1.82, 2.24) is 145 Å². The minimum absolute atomic E-state index is 0.0131. The first-order chi connectivity index (χ1) is 69.6. The van der Waals surface area contributed by atoms with Gasteiger partial charge in [-0.15, -0.1) is 25.5 Å². The van der Waals surface area contributed by atoms with Crippen LogP contribution in [-0.4, -0.2) is 206 Å². The molecule has 0 saturated carbocycles. The molecule has 15 aromatic rings. The third-order valence-electron chi connectivity index (χ3n) is 25.1. The molecule has 0 aliphatic carbocycles. The number of rotatable bonds is 10. The smallest absolute Gasteiger partial charge is 0.330 e. The molecule has 0 saturated heterocycles. The molecule has 0 spiro atoms. The van der Waals surface area contributed by atoms with Crippen LogP contribution in [0.3, 0.4) is 0 Å². The van der Waals surface area contributed by atoms with Crippen molar-refractivity contribution in [3.8, 4) is 29.4 Å². The van der Waals surface area contributed by atoms with Gasteiger partial charge >= 0.3 is 30.9 Å². The highest BCUT2D eigenvalue weighted by molar-refractivity contribution is 6.35. The number of pyridine rings is 3. The van der Waals surface area contributed by atoms with Crippen molar-refractivity contribution >= 4 is 52.7 Å². The van der Waals surface area contributed by atoms with Gasteiger partial charge < -0.3 is 24.5 Å². The summed E-state index contributed by atoms with van der Waals surface area (Å²) in [5.41, 5.74) is 1.84. The maximum absolute atomic E-state index is 14.4. The maximum Gasteiger partial charge on any atom is 0.433 e. The van der Waals surface area contributed by atoms with Gasteiger partial charge in [0.15, 0.2) is 23.3 Å². The molecule has 1 N–H and O–H groups in total. The summed E-state index contributed by atoms with van der Waals surface area (Å²) < 4.78 is 232. The lowest BCUT2D eigenvalue weighted by Gasteiger charge is -2.33. The van der Waals surface area contributed by atoms with Crippen molar-refractivity contribution in [2.24, 2.45) is 0 Å². The zero-order valence-corrected chi connectivity index (χ0v) is 79.8. The van der Waals surface area contributed by atoms with E-state index < -0.39 is 140 Å². The summed E-state index contributed by atoms with van der Waals surface area (Å²) in [5, 5.41) is 46.6. The Balaban J connectivity index is 0.000000131. The predicted octanol–water partition coefficient (Wildman–Crippen LogP) is 17.2. The number of nitrogens with one attached hydrogen (secondary N) is 1. The van der Waals surface area contributed by atoms with Gasteiger partial charge in [-0.25, -0.2) is 38.7 Å². The highest BCUT2D eigenvalue weighted by atomic mass is 35.5. The fourth-order valence-corrected chi connectivity index (χ4v) is 18.1. The number of fused-ring (bicyclic) bond motifs is 5. The second-order valence-corrected chi connectivity index (χ2v) is 35.2. The Morgan fingerprint density at radius 3 is 1.18 bits per heavy atom. The van der Waals surface area contributed by atoms with E-state index in [1.165, 1.54) is 90.2 Å². The number of carbonyl (C=O) groups excluding carboxylic acids is 5. The van der Waals surface area contributed by atoms with Crippen LogP contribution >= 0.6 is 23.2 Å². The largest absolute Gasteiger partial charge is 0.433 e. The average molecular weight is 2090 g/mol. The molecule has 0 radical (unpaired) electrons. The van der Waals surface area contributed by atoms with Crippen LogP contribution < -0.4 is 0 Å². The molecule has 0 bridgehead atoms. The van der Waals surface area contributed by atoms with E-state index in [1.807, 2.05) is 38.1 Å². The van der Waals surface area contributed by atoms with Gasteiger partial charge in [0.05, 0.1) is 127 Å². The molecule has 16 heterocycles. The van der Waals surface area contributed by atoms with Crippen LogP contribution in [0.15, 0.2) is 165 Å². The van der Waals surface area contributed by atoms with Crippen molar-refractivity contribution in [2.45, 2.75) is 169 Å². The number of alkyl halides is 15. The number of halogens is 19. The molecule has 0 fully saturated rings. The Hall–Kier alpha value is -15.9. The van der Waals surface area contributed by atoms with E-state index in [9.17, 15) is 98.6 Å². The standard InChI is InChI=1S/2C20H17ClF3N5O.C19H17F3N6O.C18H15F4N7O.C17H14F4N6O/c2*1-11-6-8-25-16(10-11)29-15-7-9-28(12(2)18(15)26-27-29)19(30)13-4-3-5-14(17(13)21)20(22,23)24;1-11-13(5-3-6-14(11)19(20,21)22)17(29)27-10-7-15-16(12(27)2)25-26-28(15)18-23-8-4-9-24-18;1-9-5-14-13(26-27-29(14)17-24-6-11(19)7-25-17)8-28(9)16(30)12-3-4-23-15(10(12)2)18(20,21)22;1-9-7-13-12(23-25-27(13)14-5-6-22-24-14)8-26(9)16(28)10-3-2-4-11(15(10)18)17(19,20)21/h2*3-6,8,10,12H,7,9H2,1-2H3;3-6,8-9,12H,7,10H2,1-2H3;3-4,6-7,9H,5,8H2,1-2H3;2-6,9H,7-8H2,1H3,(H,22,24)/t3*12-;9-;/m1001./s1. The van der Waals surface area contributed by atoms with Crippen LogP contribution in [0.4, 0.5) is 74.6 Å². The third kappa shape index (κ3) is 21.2. The zero-order chi connectivity index (χ0) is 106. The number of H-pyrrole nitrogens is 1. The highest BCUT2D eigenvalue weighted by Gasteiger charge is 2.46. The Morgan fingerprint density at radius 1 is 0.361 bits per heavy atom. The summed E-state index contributed by atoms with van der Waals surface area (Å²) in [6.45, 7) is 16.2. The van der Waals surface area contributed by atoms with Crippen LogP contribution in [0, 0.1) is 39.3 Å². The monoisotopic (exact) mass is 2090 g/mol. The zero-order valence-electron chi connectivity index (χ0n) is 78.3. The van der Waals surface area contributed by atoms with Crippen molar-refractivity contribution < 1.29 is 98.6 Å². The van der Waals surface area contributed by atoms with Gasteiger partial charge in [0.1, 0.15) is 40.0 Å². The van der Waals surface area contributed by atoms with Crippen molar-refractivity contribution in [2.75, 3.05) is 19.6 Å². The number of aromatic amines is 1. The van der Waals surface area contributed by atoms with E-state index in [-0.39, 0.29) is 58.5 Å². The number of nitrogens with zero attached hydrogens (tertiary/aromatic N) is 28. The second-order valence-electron chi connectivity index (χ2n) is 34.4. The van der Waals surface area contributed by atoms with E-state index in [4.69, 9.17) is 23.2 Å². The highest BCUT2D eigenvalue weighted by Crippen LogP contribution is 2.44. The summed E-state index contributed by atoms with van der Waals surface area (Å²) in [4.78, 5) is 100. The van der Waals surface area contributed by atoms with E-state index in [2.05, 4.69) is 96.6 Å². The van der Waals surface area contributed by atoms with E-state index in [0.717, 1.165) is 82.8 Å². The number of hydrogen-bond donors (Lipinski definition) is 1. The topological polar surface area (TPSA) is 374 Å². The Kier molecular flexibility index (Phi) is 29.2. The maximum atomic E-state index is 14.4. The van der Waals surface area contributed by atoms with Gasteiger partial charge in [-0.3, -0.25) is 34.1 Å². The SMILES string of the molecule is CC1Cc2c(nnn2-c2ccn[nH]2)CN1C(=O)c1cccc(C(F)(F)F)c1F.Cc1c(C(=O)N2CCc3c(nnn3-c3ncccn3)[C@@H]2C)cccc1C(F)(F)F.Cc1c(C(=O)N2Cc3nnn(-c4ncc(F)cn4)c3C[C@H]2C)ccnc1C(F)(F)F.Cc1ccnc(-n2nnc3c2CCN(C(=O)c2cccc(C(F)(F)F)c2Cl)[C@@H]3C)c1.Cc1ccnc(-n2nnc3c2CCN(C(=O)c2cccc(C(F)(F)F)c2Cl)[C@H]3C)c1. The number of aromatic nitrogens is 24. The van der Waals surface area contributed by atoms with E-state index in [0.29, 0.717) is 115 Å². The van der Waals surface area contributed by atoms with Gasteiger partial charge in [-0.1, -0.05) is 73.5 Å². The number of hydrogen-bond acceptors (Lipinski definition) is 23. The van der Waals surface area contributed by atoms with Crippen molar-refractivity contribution in [1.29, 1.82) is 0 Å². The van der Waals surface area contributed by atoms with Gasteiger partial charge in [-0.05, 0) is 169 Å². The summed E-state index contributed by atoms with van der Waals surface area (Å²) >= 11 is 11.9. The molecule has 147 heavy (non-hydrogen) atoms. The molecule has 5 atom stereocenters. The second kappa shape index (κ2) is 41.3. The minimum atomic E-state index is -4.88. The number of carbonyl (C=O) groups is 5. The molecule has 5 aliphatic heterocycles. The quantitative estimate of drug-likeness (QED) is 0.124. The molecular formula is C94H80Cl2F17N29O5. The number of amides is 5. The molecule has 20 rings (SSSR count). The molecule has 5 aliphatic rings. The average Bonchev–Trinajstić information content (AvgIpc) is 1.70. The molecule has 34 nitrogen and oxygen atoms in total. The van der Waals surface area contributed by atoms with Gasteiger partial charge in [0.2, 0.25) is 0 Å². The van der Waals surface area contributed by atoms with Gasteiger partial charge in [-0.2, -0.15) is 94.4 Å². The van der Waals surface area contributed by atoms with E-state index in [1.54, 1.807) is 91.8 Å². The molecule has 11 aromatic heterocycles. The number of aryl methyl sites for hydroxylation is 2. The van der Waals surface area contributed by atoms with Gasteiger partial charge in [0.25, 0.3) is 41.4 Å². The lowest BCUT2D eigenvalue weighted by atomic mass is 9.98. The lowest BCUT2D eigenvalue weighted by Crippen LogP contribution is -2.43. The van der Waals surface area contributed by atoms with Crippen LogP contribution in [0.5, 0.6) is 0 Å². The fourth-order valence-electron chi connectivity index (χ4n) is 17.5. The fraction of sp³-hybridized carbons (Fsp3) is 0.309. The first-order valence-corrected chi connectivity index (χ1v) is 45.5. The van der Waals surface area contributed by atoms with Crippen molar-refractivity contribution in [3.63, 3.8) is 0 Å². The molecule has 1 unspecified atom stereocenters. The summed E-state index contributed by atoms with van der Waals surface area (Å²) in [7, 11) is 0.